The highest BCUT2D eigenvalue weighted by Crippen LogP contribution is 2.32. The highest BCUT2D eigenvalue weighted by atomic mass is 32.2. The quantitative estimate of drug-likeness (QED) is 0.329. The van der Waals surface area contributed by atoms with Crippen LogP contribution in [0.3, 0.4) is 0 Å². The molecule has 174 valence electrons. The van der Waals surface area contributed by atoms with Gasteiger partial charge in [-0.25, -0.2) is 18.2 Å². The maximum Gasteiger partial charge on any atom is 0.346 e. The normalized spacial score (nSPS) is 12.2. The smallest absolute Gasteiger partial charge is 0.346 e. The van der Waals surface area contributed by atoms with Gasteiger partial charge in [-0.1, -0.05) is 13.8 Å². The summed E-state index contributed by atoms with van der Waals surface area (Å²) in [5.74, 6) is 0. The molecule has 0 radical (unpaired) electrons. The van der Waals surface area contributed by atoms with Crippen molar-refractivity contribution in [1.82, 2.24) is 9.29 Å². The number of nitrogens with zero attached hydrogens (tertiary/aromatic N) is 3. The lowest BCUT2D eigenvalue weighted by Gasteiger charge is -2.20. The summed E-state index contributed by atoms with van der Waals surface area (Å²) in [4.78, 5) is 19.8. The van der Waals surface area contributed by atoms with Crippen molar-refractivity contribution >= 4 is 48.2 Å². The molecule has 33 heavy (non-hydrogen) atoms. The Hall–Kier alpha value is -2.75. The van der Waals surface area contributed by atoms with Crippen molar-refractivity contribution < 1.29 is 12.8 Å². The van der Waals surface area contributed by atoms with Crippen molar-refractivity contribution in [3.63, 3.8) is 0 Å². The average Bonchev–Trinajstić information content (AvgIpc) is 3.23. The summed E-state index contributed by atoms with van der Waals surface area (Å²) in [5.41, 5.74) is 2.08. The number of thiazole rings is 1. The van der Waals surface area contributed by atoms with Gasteiger partial charge in [-0.3, -0.25) is 0 Å². The monoisotopic (exact) mass is 485 g/mol. The van der Waals surface area contributed by atoms with Crippen molar-refractivity contribution in [3.8, 4) is 10.6 Å². The molecule has 0 bridgehead atoms. The minimum absolute atomic E-state index is 0.225. The lowest BCUT2D eigenvalue weighted by Crippen LogP contribution is -2.30. The van der Waals surface area contributed by atoms with Crippen LogP contribution in [0, 0.1) is 0 Å². The van der Waals surface area contributed by atoms with Gasteiger partial charge in [0.25, 0.3) is 0 Å². The molecular weight excluding hydrogens is 458 g/mol. The van der Waals surface area contributed by atoms with E-state index in [1.807, 2.05) is 32.0 Å². The van der Waals surface area contributed by atoms with E-state index in [-0.39, 0.29) is 4.90 Å². The van der Waals surface area contributed by atoms with E-state index >= 15 is 0 Å². The zero-order valence-electron chi connectivity index (χ0n) is 19.2. The van der Waals surface area contributed by atoms with Gasteiger partial charge in [0.05, 0.1) is 20.7 Å². The molecule has 7 nitrogen and oxygen atoms in total. The summed E-state index contributed by atoms with van der Waals surface area (Å²) >= 11 is 1.28. The maximum absolute atomic E-state index is 12.9. The van der Waals surface area contributed by atoms with Gasteiger partial charge in [0.1, 0.15) is 10.6 Å². The summed E-state index contributed by atoms with van der Waals surface area (Å²) in [6, 6.07) is 12.5. The molecule has 0 aliphatic heterocycles. The number of aromatic nitrogens is 1. The Balaban J connectivity index is 1.77. The summed E-state index contributed by atoms with van der Waals surface area (Å²) in [5, 5.41) is 1.32. The Morgan fingerprint density at radius 1 is 0.939 bits per heavy atom. The van der Waals surface area contributed by atoms with Gasteiger partial charge in [-0.15, -0.1) is 11.3 Å². The SMILES string of the molecule is CCN(CC)c1ccc2cc(-c3nc4ccc(S(=O)(=O)N(CC)CC)cc4s3)c(=O)oc2c1. The lowest BCUT2D eigenvalue weighted by atomic mass is 10.1. The molecule has 4 aromatic rings. The number of hydrogen-bond donors (Lipinski definition) is 0. The van der Waals surface area contributed by atoms with Crippen LogP contribution in [0.2, 0.25) is 0 Å². The fraction of sp³-hybridized carbons (Fsp3) is 0.333. The van der Waals surface area contributed by atoms with Gasteiger partial charge < -0.3 is 9.32 Å². The second-order valence-corrected chi connectivity index (χ2v) is 10.5. The fourth-order valence-corrected chi connectivity index (χ4v) is 6.50. The molecule has 0 saturated carbocycles. The molecule has 2 aromatic carbocycles. The molecule has 0 aliphatic rings. The number of rotatable bonds is 8. The predicted molar refractivity (Wildman–Crippen MR) is 135 cm³/mol. The van der Waals surface area contributed by atoms with E-state index in [1.165, 1.54) is 15.6 Å². The maximum atomic E-state index is 12.9. The zero-order chi connectivity index (χ0) is 23.8. The van der Waals surface area contributed by atoms with E-state index in [1.54, 1.807) is 24.3 Å². The second kappa shape index (κ2) is 9.24. The molecule has 0 unspecified atom stereocenters. The van der Waals surface area contributed by atoms with E-state index in [9.17, 15) is 13.2 Å². The van der Waals surface area contributed by atoms with Crippen LogP contribution in [0.25, 0.3) is 31.8 Å². The molecule has 2 aromatic heterocycles. The molecule has 0 atom stereocenters. The summed E-state index contributed by atoms with van der Waals surface area (Å²) in [6.07, 6.45) is 0. The third kappa shape index (κ3) is 4.28. The molecule has 2 heterocycles. The van der Waals surface area contributed by atoms with Gasteiger partial charge >= 0.3 is 5.63 Å². The summed E-state index contributed by atoms with van der Waals surface area (Å²) in [7, 11) is -3.57. The predicted octanol–water partition coefficient (Wildman–Crippen LogP) is 4.95. The first-order chi connectivity index (χ1) is 15.8. The molecule has 0 aliphatic carbocycles. The molecule has 0 saturated heterocycles. The van der Waals surface area contributed by atoms with Crippen LogP contribution in [0.15, 0.2) is 56.6 Å². The first-order valence-electron chi connectivity index (χ1n) is 11.1. The number of anilines is 1. The lowest BCUT2D eigenvalue weighted by molar-refractivity contribution is 0.445. The van der Waals surface area contributed by atoms with Crippen molar-refractivity contribution in [2.24, 2.45) is 0 Å². The van der Waals surface area contributed by atoms with E-state index in [0.717, 1.165) is 24.2 Å². The molecule has 4 rings (SSSR count). The first-order valence-corrected chi connectivity index (χ1v) is 13.3. The molecular formula is C24H27N3O4S2. The van der Waals surface area contributed by atoms with Gasteiger partial charge in [0.2, 0.25) is 10.0 Å². The Morgan fingerprint density at radius 2 is 1.67 bits per heavy atom. The van der Waals surface area contributed by atoms with Crippen LogP contribution in [-0.2, 0) is 10.0 Å². The third-order valence-electron chi connectivity index (χ3n) is 5.78. The summed E-state index contributed by atoms with van der Waals surface area (Å²) in [6.45, 7) is 10.3. The fourth-order valence-electron chi connectivity index (χ4n) is 3.93. The average molecular weight is 486 g/mol. The number of benzene rings is 2. The van der Waals surface area contributed by atoms with Gasteiger partial charge in [0, 0.05) is 43.3 Å². The van der Waals surface area contributed by atoms with Crippen molar-refractivity contribution in [3.05, 3.63) is 52.9 Å². The first kappa shape index (κ1) is 23.4. The molecule has 0 fully saturated rings. The molecule has 0 N–H and O–H groups in total. The van der Waals surface area contributed by atoms with Crippen LogP contribution >= 0.6 is 11.3 Å². The summed E-state index contributed by atoms with van der Waals surface area (Å²) < 4.78 is 33.5. The topological polar surface area (TPSA) is 83.7 Å². The number of sulfonamides is 1. The van der Waals surface area contributed by atoms with E-state index < -0.39 is 15.6 Å². The standard InChI is InChI=1S/C24H27N3O4S2/c1-5-26(6-2)17-10-9-16-13-19(24(28)31-21(16)14-17)23-25-20-12-11-18(15-22(20)32-23)33(29,30)27(7-3)8-4/h9-15H,5-8H2,1-4H3. The Morgan fingerprint density at radius 3 is 2.33 bits per heavy atom. The Bertz CT molecular complexity index is 1470. The molecule has 0 amide bonds. The van der Waals surface area contributed by atoms with Gasteiger partial charge in [-0.05, 0) is 50.2 Å². The largest absolute Gasteiger partial charge is 0.422 e. The zero-order valence-corrected chi connectivity index (χ0v) is 20.8. The van der Waals surface area contributed by atoms with Crippen LogP contribution < -0.4 is 10.5 Å². The van der Waals surface area contributed by atoms with Gasteiger partial charge in [-0.2, -0.15) is 4.31 Å². The van der Waals surface area contributed by atoms with Crippen molar-refractivity contribution in [1.29, 1.82) is 0 Å². The highest BCUT2D eigenvalue weighted by Gasteiger charge is 2.23. The Kier molecular flexibility index (Phi) is 6.56. The number of hydrogen-bond acceptors (Lipinski definition) is 7. The van der Waals surface area contributed by atoms with Crippen molar-refractivity contribution in [2.75, 3.05) is 31.1 Å². The van der Waals surface area contributed by atoms with Gasteiger partial charge in [0.15, 0.2) is 0 Å². The minimum Gasteiger partial charge on any atom is -0.422 e. The minimum atomic E-state index is -3.57. The van der Waals surface area contributed by atoms with E-state index in [2.05, 4.69) is 23.7 Å². The van der Waals surface area contributed by atoms with E-state index in [0.29, 0.717) is 39.5 Å². The van der Waals surface area contributed by atoms with E-state index in [4.69, 9.17) is 4.42 Å². The van der Waals surface area contributed by atoms with Crippen LogP contribution in [0.5, 0.6) is 0 Å². The molecule has 0 spiro atoms. The van der Waals surface area contributed by atoms with Crippen molar-refractivity contribution in [2.45, 2.75) is 32.6 Å². The van der Waals surface area contributed by atoms with Crippen LogP contribution in [0.1, 0.15) is 27.7 Å². The molecule has 9 heteroatoms. The Labute approximate surface area is 197 Å². The second-order valence-electron chi connectivity index (χ2n) is 7.58. The number of fused-ring (bicyclic) bond motifs is 2. The third-order valence-corrected chi connectivity index (χ3v) is 8.88. The highest BCUT2D eigenvalue weighted by molar-refractivity contribution is 7.89. The van der Waals surface area contributed by atoms with Crippen LogP contribution in [0.4, 0.5) is 5.69 Å². The van der Waals surface area contributed by atoms with Crippen LogP contribution in [-0.4, -0.2) is 43.9 Å².